The van der Waals surface area contributed by atoms with Crippen LogP contribution >= 0.6 is 0 Å². The van der Waals surface area contributed by atoms with Crippen molar-refractivity contribution in [1.82, 2.24) is 10.2 Å². The van der Waals surface area contributed by atoms with Crippen molar-refractivity contribution < 1.29 is 9.21 Å². The minimum atomic E-state index is -0.679. The molecule has 0 bridgehead atoms. The molecule has 0 aliphatic carbocycles. The van der Waals surface area contributed by atoms with E-state index >= 15 is 0 Å². The first kappa shape index (κ1) is 10.2. The van der Waals surface area contributed by atoms with Gasteiger partial charge in [0.2, 0.25) is 11.8 Å². The predicted molar refractivity (Wildman–Crippen MR) is 47.1 cm³/mol. The van der Waals surface area contributed by atoms with Crippen molar-refractivity contribution in [3.8, 4) is 6.07 Å². The van der Waals surface area contributed by atoms with Crippen LogP contribution in [0.4, 0.5) is 6.01 Å². The number of rotatable bonds is 3. The molecule has 1 unspecified atom stereocenters. The van der Waals surface area contributed by atoms with E-state index in [0.717, 1.165) is 0 Å². The Morgan fingerprint density at radius 3 is 2.86 bits per heavy atom. The van der Waals surface area contributed by atoms with Gasteiger partial charge in [0.05, 0.1) is 6.07 Å². The highest BCUT2D eigenvalue weighted by atomic mass is 16.4. The molecule has 14 heavy (non-hydrogen) atoms. The van der Waals surface area contributed by atoms with E-state index in [0.29, 0.717) is 12.3 Å². The number of hydrogen-bond donors (Lipinski definition) is 1. The largest absolute Gasteiger partial charge is 0.408 e. The van der Waals surface area contributed by atoms with Crippen LogP contribution in [0.5, 0.6) is 0 Å². The number of anilines is 1. The predicted octanol–water partition coefficient (Wildman–Crippen LogP) is 0.866. The van der Waals surface area contributed by atoms with Gasteiger partial charge in [-0.2, -0.15) is 5.26 Å². The van der Waals surface area contributed by atoms with E-state index < -0.39 is 11.8 Å². The zero-order chi connectivity index (χ0) is 10.6. The topological polar surface area (TPSA) is 91.8 Å². The molecule has 0 saturated carbocycles. The van der Waals surface area contributed by atoms with Gasteiger partial charge in [-0.15, -0.1) is 5.10 Å². The Balaban J connectivity index is 2.62. The van der Waals surface area contributed by atoms with Gasteiger partial charge in [0.25, 0.3) is 0 Å². The molecule has 6 nitrogen and oxygen atoms in total. The molecule has 1 heterocycles. The smallest absolute Gasteiger partial charge is 0.322 e. The van der Waals surface area contributed by atoms with E-state index in [1.807, 2.05) is 6.07 Å². The molecule has 0 radical (unpaired) electrons. The molecule has 0 fully saturated rings. The summed E-state index contributed by atoms with van der Waals surface area (Å²) < 4.78 is 4.93. The summed E-state index contributed by atoms with van der Waals surface area (Å²) >= 11 is 0. The van der Waals surface area contributed by atoms with Crippen molar-refractivity contribution in [3.63, 3.8) is 0 Å². The lowest BCUT2D eigenvalue weighted by Crippen LogP contribution is -2.21. The summed E-state index contributed by atoms with van der Waals surface area (Å²) in [6.45, 7) is 3.37. The molecule has 1 atom stereocenters. The number of amides is 1. The summed E-state index contributed by atoms with van der Waals surface area (Å²) in [6, 6.07) is 1.91. The normalized spacial score (nSPS) is 11.8. The number of carbonyl (C=O) groups is 1. The van der Waals surface area contributed by atoms with Gasteiger partial charge in [-0.25, -0.2) is 0 Å². The maximum atomic E-state index is 11.3. The molecule has 0 aliphatic rings. The lowest BCUT2D eigenvalue weighted by atomic mass is 10.1. The monoisotopic (exact) mass is 194 g/mol. The summed E-state index contributed by atoms with van der Waals surface area (Å²) in [7, 11) is 0. The fourth-order valence-electron chi connectivity index (χ4n) is 0.875. The summed E-state index contributed by atoms with van der Waals surface area (Å²) in [5, 5.41) is 18.1. The molecule has 1 N–H and O–H groups in total. The Morgan fingerprint density at radius 2 is 2.43 bits per heavy atom. The first-order valence-corrected chi connectivity index (χ1v) is 4.18. The average Bonchev–Trinajstić information content (AvgIpc) is 2.53. The van der Waals surface area contributed by atoms with E-state index in [4.69, 9.17) is 9.68 Å². The fourth-order valence-corrected chi connectivity index (χ4v) is 0.875. The third-order valence-electron chi connectivity index (χ3n) is 1.64. The highest BCUT2D eigenvalue weighted by Crippen LogP contribution is 2.08. The Morgan fingerprint density at radius 1 is 1.71 bits per heavy atom. The van der Waals surface area contributed by atoms with Gasteiger partial charge in [0.1, 0.15) is 5.92 Å². The minimum Gasteiger partial charge on any atom is -0.408 e. The fraction of sp³-hybridized carbons (Fsp3) is 0.500. The molecular weight excluding hydrogens is 184 g/mol. The van der Waals surface area contributed by atoms with Crippen LogP contribution < -0.4 is 5.32 Å². The molecule has 1 aromatic rings. The Bertz CT molecular complexity index is 366. The number of aryl methyl sites for hydroxylation is 1. The van der Waals surface area contributed by atoms with Crippen LogP contribution in [0, 0.1) is 24.2 Å². The summed E-state index contributed by atoms with van der Waals surface area (Å²) in [4.78, 5) is 11.3. The Labute approximate surface area is 80.9 Å². The third-order valence-corrected chi connectivity index (χ3v) is 1.64. The van der Waals surface area contributed by atoms with Gasteiger partial charge in [0.15, 0.2) is 0 Å². The molecule has 0 aliphatic heterocycles. The molecule has 6 heteroatoms. The van der Waals surface area contributed by atoms with Gasteiger partial charge >= 0.3 is 6.01 Å². The van der Waals surface area contributed by atoms with Gasteiger partial charge < -0.3 is 4.42 Å². The first-order chi connectivity index (χ1) is 6.67. The number of nitrogens with one attached hydrogen (secondary N) is 1. The van der Waals surface area contributed by atoms with Gasteiger partial charge in [-0.1, -0.05) is 12.0 Å². The van der Waals surface area contributed by atoms with Crippen LogP contribution in [0.3, 0.4) is 0 Å². The van der Waals surface area contributed by atoms with E-state index in [9.17, 15) is 4.79 Å². The Kier molecular flexibility index (Phi) is 3.18. The maximum Gasteiger partial charge on any atom is 0.322 e. The van der Waals surface area contributed by atoms with Crippen LogP contribution in [0.1, 0.15) is 19.2 Å². The maximum absolute atomic E-state index is 11.3. The highest BCUT2D eigenvalue weighted by Gasteiger charge is 2.17. The second kappa shape index (κ2) is 4.37. The lowest BCUT2D eigenvalue weighted by molar-refractivity contribution is -0.118. The van der Waals surface area contributed by atoms with Crippen molar-refractivity contribution in [2.75, 3.05) is 5.32 Å². The van der Waals surface area contributed by atoms with Crippen molar-refractivity contribution in [3.05, 3.63) is 5.89 Å². The SMILES string of the molecule is CCC(C#N)C(=O)Nc1nnc(C)o1. The first-order valence-electron chi connectivity index (χ1n) is 4.18. The number of nitriles is 1. The van der Waals surface area contributed by atoms with Crippen molar-refractivity contribution in [2.24, 2.45) is 5.92 Å². The van der Waals surface area contributed by atoms with Crippen LogP contribution in [0.25, 0.3) is 0 Å². The number of carbonyl (C=O) groups excluding carboxylic acids is 1. The zero-order valence-electron chi connectivity index (χ0n) is 7.94. The molecule has 0 spiro atoms. The van der Waals surface area contributed by atoms with Crippen molar-refractivity contribution in [2.45, 2.75) is 20.3 Å². The quantitative estimate of drug-likeness (QED) is 0.770. The molecule has 1 amide bonds. The number of hydrogen-bond acceptors (Lipinski definition) is 5. The summed E-state index contributed by atoms with van der Waals surface area (Å²) in [5.41, 5.74) is 0. The van der Waals surface area contributed by atoms with E-state index in [1.165, 1.54) is 0 Å². The molecular formula is C8H10N4O2. The lowest BCUT2D eigenvalue weighted by Gasteiger charge is -2.02. The standard InChI is InChI=1S/C8H10N4O2/c1-3-6(4-9)7(13)10-8-12-11-5(2)14-8/h6H,3H2,1-2H3,(H,10,12,13). The number of aromatic nitrogens is 2. The number of nitrogens with zero attached hydrogens (tertiary/aromatic N) is 3. The van der Waals surface area contributed by atoms with Gasteiger partial charge in [-0.05, 0) is 6.42 Å². The van der Waals surface area contributed by atoms with Crippen LogP contribution in [-0.2, 0) is 4.79 Å². The highest BCUT2D eigenvalue weighted by molar-refractivity contribution is 5.92. The molecule has 0 aromatic carbocycles. The van der Waals surface area contributed by atoms with Crippen molar-refractivity contribution >= 4 is 11.9 Å². The van der Waals surface area contributed by atoms with E-state index in [-0.39, 0.29) is 6.01 Å². The second-order valence-electron chi connectivity index (χ2n) is 2.71. The van der Waals surface area contributed by atoms with Crippen LogP contribution in [0.15, 0.2) is 4.42 Å². The Hall–Kier alpha value is -1.90. The summed E-state index contributed by atoms with van der Waals surface area (Å²) in [6.07, 6.45) is 0.454. The van der Waals surface area contributed by atoms with E-state index in [1.54, 1.807) is 13.8 Å². The molecule has 0 saturated heterocycles. The van der Waals surface area contributed by atoms with Gasteiger partial charge in [0, 0.05) is 6.92 Å². The molecule has 1 rings (SSSR count). The molecule has 74 valence electrons. The van der Waals surface area contributed by atoms with Crippen molar-refractivity contribution in [1.29, 1.82) is 5.26 Å². The second-order valence-corrected chi connectivity index (χ2v) is 2.71. The average molecular weight is 194 g/mol. The third kappa shape index (κ3) is 2.29. The minimum absolute atomic E-state index is 0.0289. The van der Waals surface area contributed by atoms with E-state index in [2.05, 4.69) is 15.5 Å². The van der Waals surface area contributed by atoms with Crippen LogP contribution in [-0.4, -0.2) is 16.1 Å². The summed E-state index contributed by atoms with van der Waals surface area (Å²) in [5.74, 6) is -0.730. The van der Waals surface area contributed by atoms with Crippen LogP contribution in [0.2, 0.25) is 0 Å². The zero-order valence-corrected chi connectivity index (χ0v) is 7.94. The van der Waals surface area contributed by atoms with Gasteiger partial charge in [-0.3, -0.25) is 10.1 Å². The molecule has 1 aromatic heterocycles.